The molecule has 1 heterocycles. The van der Waals surface area contributed by atoms with Crippen molar-refractivity contribution in [3.05, 3.63) is 21.9 Å². The van der Waals surface area contributed by atoms with E-state index in [1.807, 2.05) is 11.3 Å². The zero-order valence-electron chi connectivity index (χ0n) is 9.17. The SMILES string of the molecule is c1cc2c(s1)CCCCC2CNC1CC1. The van der Waals surface area contributed by atoms with E-state index in [1.165, 1.54) is 45.1 Å². The lowest BCUT2D eigenvalue weighted by Gasteiger charge is -2.15. The number of hydrogen-bond acceptors (Lipinski definition) is 2. The van der Waals surface area contributed by atoms with Crippen molar-refractivity contribution in [2.45, 2.75) is 50.5 Å². The number of thiophene rings is 1. The van der Waals surface area contributed by atoms with Crippen LogP contribution < -0.4 is 5.32 Å². The van der Waals surface area contributed by atoms with Crippen molar-refractivity contribution in [1.29, 1.82) is 0 Å². The van der Waals surface area contributed by atoms with Gasteiger partial charge in [0, 0.05) is 17.5 Å². The lowest BCUT2D eigenvalue weighted by Crippen LogP contribution is -2.23. The molecule has 2 heteroatoms. The molecule has 82 valence electrons. The average molecular weight is 221 g/mol. The van der Waals surface area contributed by atoms with Gasteiger partial charge in [0.25, 0.3) is 0 Å². The maximum absolute atomic E-state index is 3.69. The number of nitrogens with one attached hydrogen (secondary N) is 1. The first-order valence-corrected chi connectivity index (χ1v) is 7.11. The van der Waals surface area contributed by atoms with Gasteiger partial charge in [-0.3, -0.25) is 0 Å². The molecule has 2 aliphatic carbocycles. The Morgan fingerprint density at radius 1 is 1.27 bits per heavy atom. The summed E-state index contributed by atoms with van der Waals surface area (Å²) in [6.45, 7) is 1.22. The van der Waals surface area contributed by atoms with Crippen LogP contribution in [0.5, 0.6) is 0 Å². The lowest BCUT2D eigenvalue weighted by molar-refractivity contribution is 0.536. The predicted molar refractivity (Wildman–Crippen MR) is 65.6 cm³/mol. The summed E-state index contributed by atoms with van der Waals surface area (Å²) >= 11 is 1.96. The Hall–Kier alpha value is -0.340. The van der Waals surface area contributed by atoms with Crippen molar-refractivity contribution in [3.63, 3.8) is 0 Å². The molecule has 0 aliphatic heterocycles. The van der Waals surface area contributed by atoms with Crippen molar-refractivity contribution in [2.75, 3.05) is 6.54 Å². The highest BCUT2D eigenvalue weighted by Gasteiger charge is 2.24. The average Bonchev–Trinajstić information content (AvgIpc) is 3.00. The van der Waals surface area contributed by atoms with Crippen LogP contribution in [0.4, 0.5) is 0 Å². The van der Waals surface area contributed by atoms with Crippen LogP contribution in [-0.2, 0) is 6.42 Å². The third-order valence-corrected chi connectivity index (χ3v) is 4.65. The molecule has 15 heavy (non-hydrogen) atoms. The second-order valence-corrected chi connectivity index (χ2v) is 5.93. The highest BCUT2D eigenvalue weighted by molar-refractivity contribution is 7.10. The van der Waals surface area contributed by atoms with Crippen LogP contribution >= 0.6 is 11.3 Å². The van der Waals surface area contributed by atoms with Gasteiger partial charge in [0.1, 0.15) is 0 Å². The molecule has 1 nitrogen and oxygen atoms in total. The van der Waals surface area contributed by atoms with Crippen LogP contribution in [0, 0.1) is 0 Å². The Bertz CT molecular complexity index is 327. The van der Waals surface area contributed by atoms with Crippen LogP contribution in [0.3, 0.4) is 0 Å². The molecule has 0 radical (unpaired) electrons. The summed E-state index contributed by atoms with van der Waals surface area (Å²) in [5.41, 5.74) is 1.66. The van der Waals surface area contributed by atoms with Gasteiger partial charge >= 0.3 is 0 Å². The molecule has 1 unspecified atom stereocenters. The third kappa shape index (κ3) is 2.26. The van der Waals surface area contributed by atoms with E-state index in [9.17, 15) is 0 Å². The number of fused-ring (bicyclic) bond motifs is 1. The van der Waals surface area contributed by atoms with Gasteiger partial charge < -0.3 is 5.32 Å². The summed E-state index contributed by atoms with van der Waals surface area (Å²) in [7, 11) is 0. The van der Waals surface area contributed by atoms with Gasteiger partial charge in [-0.05, 0) is 55.0 Å². The minimum absolute atomic E-state index is 0.800. The molecule has 1 atom stereocenters. The molecule has 1 fully saturated rings. The fourth-order valence-electron chi connectivity index (χ4n) is 2.56. The zero-order valence-corrected chi connectivity index (χ0v) is 9.98. The molecular formula is C13H19NS. The van der Waals surface area contributed by atoms with E-state index in [0.717, 1.165) is 12.0 Å². The van der Waals surface area contributed by atoms with E-state index < -0.39 is 0 Å². The molecule has 1 N–H and O–H groups in total. The van der Waals surface area contributed by atoms with Gasteiger partial charge in [-0.25, -0.2) is 0 Å². The van der Waals surface area contributed by atoms with Crippen molar-refractivity contribution < 1.29 is 0 Å². The van der Waals surface area contributed by atoms with Crippen LogP contribution in [0.25, 0.3) is 0 Å². The van der Waals surface area contributed by atoms with Crippen LogP contribution in [-0.4, -0.2) is 12.6 Å². The summed E-state index contributed by atoms with van der Waals surface area (Å²) < 4.78 is 0. The first-order valence-electron chi connectivity index (χ1n) is 6.23. The Labute approximate surface area is 95.9 Å². The monoisotopic (exact) mass is 221 g/mol. The topological polar surface area (TPSA) is 12.0 Å². The Morgan fingerprint density at radius 2 is 2.20 bits per heavy atom. The standard InChI is InChI=1S/C13H19NS/c1-2-4-13-12(7-8-15-13)10(3-1)9-14-11-5-6-11/h7-8,10-11,14H,1-6,9H2. The van der Waals surface area contributed by atoms with Crippen molar-refractivity contribution in [3.8, 4) is 0 Å². The van der Waals surface area contributed by atoms with Crippen LogP contribution in [0.1, 0.15) is 48.5 Å². The molecule has 2 aliphatic rings. The zero-order chi connectivity index (χ0) is 10.1. The molecule has 0 bridgehead atoms. The fraction of sp³-hybridized carbons (Fsp3) is 0.692. The Kier molecular flexibility index (Phi) is 2.80. The molecule has 1 aromatic heterocycles. The van der Waals surface area contributed by atoms with Gasteiger partial charge in [-0.1, -0.05) is 6.42 Å². The van der Waals surface area contributed by atoms with Crippen molar-refractivity contribution in [2.24, 2.45) is 0 Å². The summed E-state index contributed by atoms with van der Waals surface area (Å²) in [6, 6.07) is 3.22. The largest absolute Gasteiger partial charge is 0.313 e. The molecule has 3 rings (SSSR count). The number of aryl methyl sites for hydroxylation is 1. The minimum Gasteiger partial charge on any atom is -0.313 e. The maximum Gasteiger partial charge on any atom is 0.00805 e. The summed E-state index contributed by atoms with van der Waals surface area (Å²) in [5.74, 6) is 0.800. The first-order chi connectivity index (χ1) is 7.43. The fourth-order valence-corrected chi connectivity index (χ4v) is 3.57. The smallest absolute Gasteiger partial charge is 0.00805 e. The molecule has 1 aromatic rings. The Balaban J connectivity index is 1.70. The number of rotatable bonds is 3. The summed E-state index contributed by atoms with van der Waals surface area (Å²) in [4.78, 5) is 1.66. The van der Waals surface area contributed by atoms with Gasteiger partial charge in [-0.15, -0.1) is 11.3 Å². The van der Waals surface area contributed by atoms with E-state index in [0.29, 0.717) is 0 Å². The maximum atomic E-state index is 3.69. The van der Waals surface area contributed by atoms with E-state index in [1.54, 1.807) is 10.4 Å². The lowest BCUT2D eigenvalue weighted by atomic mass is 9.97. The predicted octanol–water partition coefficient (Wildman–Crippen LogP) is 3.31. The van der Waals surface area contributed by atoms with Gasteiger partial charge in [-0.2, -0.15) is 0 Å². The molecule has 0 saturated heterocycles. The van der Waals surface area contributed by atoms with E-state index in [4.69, 9.17) is 0 Å². The molecule has 1 saturated carbocycles. The third-order valence-electron chi connectivity index (χ3n) is 3.66. The van der Waals surface area contributed by atoms with Crippen molar-refractivity contribution >= 4 is 11.3 Å². The van der Waals surface area contributed by atoms with Gasteiger partial charge in [0.05, 0.1) is 0 Å². The molecular weight excluding hydrogens is 202 g/mol. The second-order valence-electron chi connectivity index (χ2n) is 4.92. The molecule has 0 amide bonds. The van der Waals surface area contributed by atoms with E-state index >= 15 is 0 Å². The number of hydrogen-bond donors (Lipinski definition) is 1. The molecule has 0 spiro atoms. The van der Waals surface area contributed by atoms with E-state index in [-0.39, 0.29) is 0 Å². The van der Waals surface area contributed by atoms with Gasteiger partial charge in [0.15, 0.2) is 0 Å². The highest BCUT2D eigenvalue weighted by Crippen LogP contribution is 2.34. The minimum atomic E-state index is 0.800. The summed E-state index contributed by atoms with van der Waals surface area (Å²) in [6.07, 6.45) is 8.34. The van der Waals surface area contributed by atoms with Gasteiger partial charge in [0.2, 0.25) is 0 Å². The second kappa shape index (κ2) is 4.26. The van der Waals surface area contributed by atoms with Crippen molar-refractivity contribution in [1.82, 2.24) is 5.32 Å². The highest BCUT2D eigenvalue weighted by atomic mass is 32.1. The normalized spacial score (nSPS) is 26.0. The van der Waals surface area contributed by atoms with Crippen LogP contribution in [0.2, 0.25) is 0 Å². The molecule has 0 aromatic carbocycles. The first kappa shape index (κ1) is 9.86. The van der Waals surface area contributed by atoms with Crippen LogP contribution in [0.15, 0.2) is 11.4 Å². The van der Waals surface area contributed by atoms with E-state index in [2.05, 4.69) is 16.8 Å². The summed E-state index contributed by atoms with van der Waals surface area (Å²) in [5, 5.41) is 5.97. The Morgan fingerprint density at radius 3 is 3.07 bits per heavy atom. The quantitative estimate of drug-likeness (QED) is 0.772.